The molecule has 1 aliphatic heterocycles. The zero-order chi connectivity index (χ0) is 11.7. The normalized spacial score (nSPS) is 30.5. The molecule has 2 nitrogen and oxygen atoms in total. The molecule has 1 saturated heterocycles. The van der Waals surface area contributed by atoms with Crippen molar-refractivity contribution in [1.82, 2.24) is 0 Å². The maximum atomic E-state index is 6.23. The van der Waals surface area contributed by atoms with Gasteiger partial charge in [0, 0.05) is 18.6 Å². The van der Waals surface area contributed by atoms with Crippen LogP contribution in [-0.2, 0) is 0 Å². The largest absolute Gasteiger partial charge is 0.367 e. The number of hydrogen-bond donors (Lipinski definition) is 1. The van der Waals surface area contributed by atoms with Crippen LogP contribution >= 0.6 is 11.6 Å². The Kier molecular flexibility index (Phi) is 3.41. The van der Waals surface area contributed by atoms with Gasteiger partial charge < -0.3 is 10.6 Å². The van der Waals surface area contributed by atoms with Gasteiger partial charge in [-0.15, -0.1) is 0 Å². The van der Waals surface area contributed by atoms with Gasteiger partial charge in [0.1, 0.15) is 0 Å². The molecule has 3 unspecified atom stereocenters. The van der Waals surface area contributed by atoms with Gasteiger partial charge in [-0.2, -0.15) is 0 Å². The third-order valence-electron chi connectivity index (χ3n) is 3.79. The van der Waals surface area contributed by atoms with Gasteiger partial charge in [0.05, 0.1) is 10.7 Å². The molecule has 1 aliphatic rings. The number of rotatable bonds is 1. The summed E-state index contributed by atoms with van der Waals surface area (Å²) in [5.41, 5.74) is 7.22. The molecular formula is C13H19ClN2. The van der Waals surface area contributed by atoms with E-state index in [2.05, 4.69) is 24.8 Å². The van der Waals surface area contributed by atoms with Crippen molar-refractivity contribution in [3.05, 3.63) is 29.3 Å². The summed E-state index contributed by atoms with van der Waals surface area (Å²) in [6.07, 6.45) is 1.04. The Morgan fingerprint density at radius 1 is 1.31 bits per heavy atom. The predicted octanol–water partition coefficient (Wildman–Crippen LogP) is 2.90. The van der Waals surface area contributed by atoms with Crippen LogP contribution in [0.15, 0.2) is 24.3 Å². The zero-order valence-corrected chi connectivity index (χ0v) is 10.6. The lowest BCUT2D eigenvalue weighted by Crippen LogP contribution is -2.51. The first-order chi connectivity index (χ1) is 7.61. The van der Waals surface area contributed by atoms with Crippen molar-refractivity contribution in [1.29, 1.82) is 0 Å². The molecule has 0 bridgehead atoms. The first-order valence-corrected chi connectivity index (χ1v) is 6.26. The minimum Gasteiger partial charge on any atom is -0.367 e. The topological polar surface area (TPSA) is 29.3 Å². The minimum absolute atomic E-state index is 0.314. The maximum Gasteiger partial charge on any atom is 0.0639 e. The van der Waals surface area contributed by atoms with E-state index in [0.29, 0.717) is 18.0 Å². The Labute approximate surface area is 102 Å². The molecule has 1 fully saturated rings. The second-order valence-corrected chi connectivity index (χ2v) is 5.10. The number of hydrogen-bond acceptors (Lipinski definition) is 2. The van der Waals surface area contributed by atoms with Crippen LogP contribution in [-0.4, -0.2) is 18.6 Å². The molecule has 0 radical (unpaired) electrons. The molecular weight excluding hydrogens is 220 g/mol. The monoisotopic (exact) mass is 238 g/mol. The van der Waals surface area contributed by atoms with Crippen molar-refractivity contribution in [3.8, 4) is 0 Å². The van der Waals surface area contributed by atoms with E-state index in [4.69, 9.17) is 17.3 Å². The first-order valence-electron chi connectivity index (χ1n) is 5.88. The number of piperidine rings is 1. The number of benzene rings is 1. The van der Waals surface area contributed by atoms with Gasteiger partial charge in [-0.1, -0.05) is 30.7 Å². The molecule has 0 amide bonds. The molecule has 16 heavy (non-hydrogen) atoms. The molecule has 3 atom stereocenters. The van der Waals surface area contributed by atoms with Crippen molar-refractivity contribution in [2.75, 3.05) is 11.4 Å². The van der Waals surface area contributed by atoms with Crippen LogP contribution in [0.25, 0.3) is 0 Å². The molecule has 0 saturated carbocycles. The van der Waals surface area contributed by atoms with Gasteiger partial charge >= 0.3 is 0 Å². The summed E-state index contributed by atoms with van der Waals surface area (Å²) in [7, 11) is 0. The lowest BCUT2D eigenvalue weighted by atomic mass is 9.87. The lowest BCUT2D eigenvalue weighted by Gasteiger charge is -2.43. The number of halogens is 1. The van der Waals surface area contributed by atoms with Crippen molar-refractivity contribution in [2.45, 2.75) is 32.4 Å². The van der Waals surface area contributed by atoms with E-state index in [9.17, 15) is 0 Å². The van der Waals surface area contributed by atoms with Gasteiger partial charge in [-0.3, -0.25) is 0 Å². The van der Waals surface area contributed by atoms with Crippen molar-refractivity contribution in [3.63, 3.8) is 0 Å². The average molecular weight is 239 g/mol. The third kappa shape index (κ3) is 2.04. The highest BCUT2D eigenvalue weighted by Crippen LogP contribution is 2.32. The van der Waals surface area contributed by atoms with Crippen LogP contribution in [0.1, 0.15) is 20.3 Å². The van der Waals surface area contributed by atoms with E-state index in [0.717, 1.165) is 23.7 Å². The quantitative estimate of drug-likeness (QED) is 0.815. The zero-order valence-electron chi connectivity index (χ0n) is 9.86. The van der Waals surface area contributed by atoms with Gasteiger partial charge in [0.2, 0.25) is 0 Å². The Balaban J connectivity index is 2.25. The average Bonchev–Trinajstić information content (AvgIpc) is 2.28. The number of nitrogens with two attached hydrogens (primary N) is 1. The Bertz CT molecular complexity index is 367. The standard InChI is InChI=1S/C13H19ClN2/c1-9-10(2)16(8-7-12(9)15)13-6-4-3-5-11(13)14/h3-6,9-10,12H,7-8,15H2,1-2H3. The summed E-state index contributed by atoms with van der Waals surface area (Å²) in [6, 6.07) is 8.80. The van der Waals surface area contributed by atoms with E-state index < -0.39 is 0 Å². The molecule has 1 aromatic carbocycles. The molecule has 2 N–H and O–H groups in total. The summed E-state index contributed by atoms with van der Waals surface area (Å²) in [5, 5.41) is 0.831. The second-order valence-electron chi connectivity index (χ2n) is 4.70. The molecule has 88 valence electrons. The van der Waals surface area contributed by atoms with Gasteiger partial charge in [0.25, 0.3) is 0 Å². The van der Waals surface area contributed by atoms with Gasteiger partial charge in [0.15, 0.2) is 0 Å². The lowest BCUT2D eigenvalue weighted by molar-refractivity contribution is 0.315. The van der Waals surface area contributed by atoms with Crippen LogP contribution in [0.3, 0.4) is 0 Å². The molecule has 1 aromatic rings. The van der Waals surface area contributed by atoms with Gasteiger partial charge in [-0.25, -0.2) is 0 Å². The third-order valence-corrected chi connectivity index (χ3v) is 4.11. The first kappa shape index (κ1) is 11.7. The number of anilines is 1. The van der Waals surface area contributed by atoms with E-state index in [1.54, 1.807) is 0 Å². The van der Waals surface area contributed by atoms with E-state index in [1.807, 2.05) is 18.2 Å². The maximum absolute atomic E-state index is 6.23. The fourth-order valence-electron chi connectivity index (χ4n) is 2.42. The summed E-state index contributed by atoms with van der Waals surface area (Å²) >= 11 is 6.23. The van der Waals surface area contributed by atoms with Crippen LogP contribution in [0.4, 0.5) is 5.69 Å². The molecule has 3 heteroatoms. The molecule has 1 heterocycles. The van der Waals surface area contributed by atoms with Crippen LogP contribution in [0.5, 0.6) is 0 Å². The van der Waals surface area contributed by atoms with Crippen LogP contribution < -0.4 is 10.6 Å². The fourth-order valence-corrected chi connectivity index (χ4v) is 2.67. The fraction of sp³-hybridized carbons (Fsp3) is 0.538. The van der Waals surface area contributed by atoms with Crippen LogP contribution in [0, 0.1) is 5.92 Å². The Hall–Kier alpha value is -0.730. The van der Waals surface area contributed by atoms with Gasteiger partial charge in [-0.05, 0) is 31.4 Å². The molecule has 0 spiro atoms. The summed E-state index contributed by atoms with van der Waals surface area (Å²) in [4.78, 5) is 2.37. The van der Waals surface area contributed by atoms with Crippen molar-refractivity contribution < 1.29 is 0 Å². The Morgan fingerprint density at radius 3 is 2.69 bits per heavy atom. The number of nitrogens with zero attached hydrogens (tertiary/aromatic N) is 1. The Morgan fingerprint density at radius 2 is 2.00 bits per heavy atom. The summed E-state index contributed by atoms with van der Waals surface area (Å²) < 4.78 is 0. The summed E-state index contributed by atoms with van der Waals surface area (Å²) in [5.74, 6) is 0.505. The van der Waals surface area contributed by atoms with Crippen LogP contribution in [0.2, 0.25) is 5.02 Å². The highest BCUT2D eigenvalue weighted by Gasteiger charge is 2.30. The second kappa shape index (κ2) is 4.64. The summed E-state index contributed by atoms with van der Waals surface area (Å²) in [6.45, 7) is 5.45. The molecule has 0 aromatic heterocycles. The minimum atomic E-state index is 0.314. The van der Waals surface area contributed by atoms with E-state index in [1.165, 1.54) is 0 Å². The van der Waals surface area contributed by atoms with Crippen molar-refractivity contribution in [2.24, 2.45) is 11.7 Å². The predicted molar refractivity (Wildman–Crippen MR) is 70.0 cm³/mol. The molecule has 0 aliphatic carbocycles. The number of para-hydroxylation sites is 1. The highest BCUT2D eigenvalue weighted by molar-refractivity contribution is 6.33. The SMILES string of the molecule is CC1C(N)CCN(c2ccccc2Cl)C1C. The van der Waals surface area contributed by atoms with E-state index in [-0.39, 0.29) is 0 Å². The van der Waals surface area contributed by atoms with Crippen molar-refractivity contribution >= 4 is 17.3 Å². The highest BCUT2D eigenvalue weighted by atomic mass is 35.5. The molecule has 2 rings (SSSR count). The van der Waals surface area contributed by atoms with E-state index >= 15 is 0 Å². The smallest absolute Gasteiger partial charge is 0.0639 e.